The molecular weight excluding hydrogens is 695 g/mol. The van der Waals surface area contributed by atoms with Crippen LogP contribution in [0.15, 0.2) is 205 Å². The highest BCUT2D eigenvalue weighted by molar-refractivity contribution is 6.39. The molecule has 0 bridgehead atoms. The number of hydrogen-bond donors (Lipinski definition) is 0. The minimum Gasteiger partial charge on any atom is -0.455 e. The zero-order valence-electron chi connectivity index (χ0n) is 30.8. The van der Waals surface area contributed by atoms with Crippen molar-refractivity contribution in [3.63, 3.8) is 0 Å². The second-order valence-corrected chi connectivity index (χ2v) is 14.7. The van der Waals surface area contributed by atoms with Crippen molar-refractivity contribution >= 4 is 65.6 Å². The lowest BCUT2D eigenvalue weighted by Crippen LogP contribution is -1.99. The summed E-state index contributed by atoms with van der Waals surface area (Å²) in [6.07, 6.45) is 0. The quantitative estimate of drug-likeness (QED) is 0.177. The summed E-state index contributed by atoms with van der Waals surface area (Å²) >= 11 is 0. The summed E-state index contributed by atoms with van der Waals surface area (Å²) in [7, 11) is 0. The van der Waals surface area contributed by atoms with Gasteiger partial charge >= 0.3 is 0 Å². The maximum atomic E-state index is 6.92. The smallest absolute Gasteiger partial charge is 0.146 e. The van der Waals surface area contributed by atoms with E-state index in [1.54, 1.807) is 0 Å². The Balaban J connectivity index is 1.17. The number of aromatic nitrogens is 3. The van der Waals surface area contributed by atoms with Crippen molar-refractivity contribution in [3.05, 3.63) is 200 Å². The van der Waals surface area contributed by atoms with Crippen LogP contribution in [0.1, 0.15) is 0 Å². The summed E-state index contributed by atoms with van der Waals surface area (Å²) in [4.78, 5) is 5.13. The lowest BCUT2D eigenvalue weighted by Gasteiger charge is -2.14. The van der Waals surface area contributed by atoms with E-state index in [0.717, 1.165) is 99.8 Å². The van der Waals surface area contributed by atoms with Gasteiger partial charge in [-0.15, -0.1) is 0 Å². The van der Waals surface area contributed by atoms with Crippen LogP contribution in [0.5, 0.6) is 0 Å². The molecule has 12 aromatic rings. The van der Waals surface area contributed by atoms with Crippen LogP contribution in [-0.4, -0.2) is 14.1 Å². The van der Waals surface area contributed by atoms with Crippen LogP contribution >= 0.6 is 0 Å². The van der Waals surface area contributed by atoms with Crippen molar-refractivity contribution in [3.8, 4) is 45.0 Å². The van der Waals surface area contributed by atoms with Gasteiger partial charge in [0.15, 0.2) is 0 Å². The fourth-order valence-corrected chi connectivity index (χ4v) is 9.01. The third-order valence-corrected chi connectivity index (χ3v) is 11.5. The van der Waals surface area contributed by atoms with Crippen LogP contribution in [0.4, 0.5) is 0 Å². The molecule has 4 nitrogen and oxygen atoms in total. The molecule has 4 heteroatoms. The largest absolute Gasteiger partial charge is 0.455 e. The summed E-state index contributed by atoms with van der Waals surface area (Å²) in [5.74, 6) is 0. The van der Waals surface area contributed by atoms with Gasteiger partial charge in [0.1, 0.15) is 11.2 Å². The standard InChI is InChI=1S/C53H33N3O/c1-4-16-35(17-5-1)43-32-37(33-44(54-43)36-18-6-2-7-19-36)34-28-30-39(31-29-34)56-45-25-13-10-22-40(45)48-49-42-24-12-15-27-47(42)57-53(49)50-41-23-11-14-26-46(41)55(52(50)51(48)56)38-20-8-3-9-21-38/h1-33H. The van der Waals surface area contributed by atoms with E-state index in [1.807, 2.05) is 12.1 Å². The molecule has 12 rings (SSSR count). The van der Waals surface area contributed by atoms with Gasteiger partial charge in [0.05, 0.1) is 38.8 Å². The molecule has 57 heavy (non-hydrogen) atoms. The maximum absolute atomic E-state index is 6.92. The first-order chi connectivity index (χ1) is 28.3. The number of benzene rings is 8. The van der Waals surface area contributed by atoms with Crippen LogP contribution in [0.2, 0.25) is 0 Å². The van der Waals surface area contributed by atoms with Crippen molar-refractivity contribution in [2.24, 2.45) is 0 Å². The monoisotopic (exact) mass is 727 g/mol. The Bertz CT molecular complexity index is 3430. The van der Waals surface area contributed by atoms with Crippen LogP contribution in [0.25, 0.3) is 111 Å². The predicted molar refractivity (Wildman–Crippen MR) is 237 cm³/mol. The Hall–Kier alpha value is -7.69. The average Bonchev–Trinajstić information content (AvgIpc) is 3.95. The topological polar surface area (TPSA) is 35.9 Å². The van der Waals surface area contributed by atoms with E-state index in [9.17, 15) is 0 Å². The molecule has 0 aliphatic rings. The summed E-state index contributed by atoms with van der Waals surface area (Å²) in [6, 6.07) is 71.1. The molecule has 0 aliphatic carbocycles. The molecule has 0 saturated carbocycles. The number of nitrogens with zero attached hydrogens (tertiary/aromatic N) is 3. The number of fused-ring (bicyclic) bond motifs is 12. The Labute approximate surface area is 328 Å². The number of pyridine rings is 1. The van der Waals surface area contributed by atoms with Crippen LogP contribution in [-0.2, 0) is 0 Å². The molecule has 0 saturated heterocycles. The number of furan rings is 1. The molecule has 0 amide bonds. The molecule has 0 aliphatic heterocycles. The SMILES string of the molecule is c1ccc(-c2cc(-c3ccc(-n4c5ccccc5c5c6c7ccccc7oc6c6c7ccccc7n(-c7ccccc7)c6c54)cc3)cc(-c3ccccc3)n2)cc1. The Kier molecular flexibility index (Phi) is 6.89. The van der Waals surface area contributed by atoms with Gasteiger partial charge in [-0.3, -0.25) is 0 Å². The normalized spacial score (nSPS) is 11.9. The minimum absolute atomic E-state index is 0.890. The fourth-order valence-electron chi connectivity index (χ4n) is 9.01. The minimum atomic E-state index is 0.890. The molecule has 0 radical (unpaired) electrons. The lowest BCUT2D eigenvalue weighted by molar-refractivity contribution is 0.673. The van der Waals surface area contributed by atoms with Gasteiger partial charge in [-0.05, 0) is 65.7 Å². The summed E-state index contributed by atoms with van der Waals surface area (Å²) in [6.45, 7) is 0. The third kappa shape index (κ3) is 4.77. The van der Waals surface area contributed by atoms with Crippen molar-refractivity contribution < 1.29 is 4.42 Å². The van der Waals surface area contributed by atoms with E-state index < -0.39 is 0 Å². The number of hydrogen-bond acceptors (Lipinski definition) is 2. The third-order valence-electron chi connectivity index (χ3n) is 11.5. The van der Waals surface area contributed by atoms with Gasteiger partial charge in [-0.2, -0.15) is 0 Å². The second kappa shape index (κ2) is 12.4. The van der Waals surface area contributed by atoms with E-state index in [2.05, 4.69) is 197 Å². The summed E-state index contributed by atoms with van der Waals surface area (Å²) in [5, 5.41) is 6.93. The van der Waals surface area contributed by atoms with E-state index in [1.165, 1.54) is 10.8 Å². The van der Waals surface area contributed by atoms with Gasteiger partial charge < -0.3 is 13.6 Å². The molecule has 4 aromatic heterocycles. The molecule has 0 fully saturated rings. The summed E-state index contributed by atoms with van der Waals surface area (Å²) < 4.78 is 11.8. The van der Waals surface area contributed by atoms with Gasteiger partial charge in [0.25, 0.3) is 0 Å². The average molecular weight is 728 g/mol. The van der Waals surface area contributed by atoms with Crippen molar-refractivity contribution in [2.45, 2.75) is 0 Å². The van der Waals surface area contributed by atoms with Gasteiger partial charge in [0.2, 0.25) is 0 Å². The van der Waals surface area contributed by atoms with Gasteiger partial charge in [-0.25, -0.2) is 4.98 Å². The van der Waals surface area contributed by atoms with Gasteiger partial charge in [0, 0.05) is 49.4 Å². The number of para-hydroxylation sites is 4. The maximum Gasteiger partial charge on any atom is 0.146 e. The zero-order chi connectivity index (χ0) is 37.5. The molecule has 266 valence electrons. The van der Waals surface area contributed by atoms with Crippen molar-refractivity contribution in [1.82, 2.24) is 14.1 Å². The molecule has 8 aromatic carbocycles. The van der Waals surface area contributed by atoms with Crippen molar-refractivity contribution in [2.75, 3.05) is 0 Å². The highest BCUT2D eigenvalue weighted by Gasteiger charge is 2.27. The van der Waals surface area contributed by atoms with E-state index in [4.69, 9.17) is 9.40 Å². The van der Waals surface area contributed by atoms with Crippen LogP contribution in [0.3, 0.4) is 0 Å². The predicted octanol–water partition coefficient (Wildman–Crippen LogP) is 14.2. The van der Waals surface area contributed by atoms with E-state index >= 15 is 0 Å². The first kappa shape index (κ1) is 31.6. The number of rotatable bonds is 5. The van der Waals surface area contributed by atoms with Crippen molar-refractivity contribution in [1.29, 1.82) is 0 Å². The van der Waals surface area contributed by atoms with Gasteiger partial charge in [-0.1, -0.05) is 146 Å². The molecule has 0 unspecified atom stereocenters. The summed E-state index contributed by atoms with van der Waals surface area (Å²) in [5.41, 5.74) is 14.9. The molecule has 0 atom stereocenters. The first-order valence-corrected chi connectivity index (χ1v) is 19.4. The fraction of sp³-hybridized carbons (Fsp3) is 0. The molecule has 0 N–H and O–H groups in total. The highest BCUT2D eigenvalue weighted by atomic mass is 16.3. The molecule has 0 spiro atoms. The highest BCUT2D eigenvalue weighted by Crippen LogP contribution is 2.49. The Morgan fingerprint density at radius 1 is 0.351 bits per heavy atom. The van der Waals surface area contributed by atoms with E-state index in [-0.39, 0.29) is 0 Å². The first-order valence-electron chi connectivity index (χ1n) is 19.4. The molecule has 4 heterocycles. The lowest BCUT2D eigenvalue weighted by atomic mass is 9.99. The second-order valence-electron chi connectivity index (χ2n) is 14.7. The molecular formula is C53H33N3O. The van der Waals surface area contributed by atoms with E-state index in [0.29, 0.717) is 0 Å². The van der Waals surface area contributed by atoms with Crippen LogP contribution < -0.4 is 0 Å². The zero-order valence-corrected chi connectivity index (χ0v) is 30.8. The Morgan fingerprint density at radius 3 is 1.44 bits per heavy atom. The Morgan fingerprint density at radius 2 is 0.825 bits per heavy atom. The van der Waals surface area contributed by atoms with Crippen LogP contribution in [0, 0.1) is 0 Å².